The van der Waals surface area contributed by atoms with Crippen molar-refractivity contribution in [2.45, 2.75) is 33.7 Å². The normalized spacial score (nSPS) is 11.0. The molecule has 0 atom stereocenters. The molecule has 0 aliphatic carbocycles. The molecule has 0 aliphatic heterocycles. The molecule has 1 amide bonds. The van der Waals surface area contributed by atoms with Gasteiger partial charge < -0.3 is 5.32 Å². The number of nitrogens with one attached hydrogen (secondary N) is 1. The minimum absolute atomic E-state index is 0.195. The fourth-order valence-corrected chi connectivity index (χ4v) is 2.60. The van der Waals surface area contributed by atoms with Crippen LogP contribution in [0.25, 0.3) is 0 Å². The highest BCUT2D eigenvalue weighted by molar-refractivity contribution is 9.10. The Bertz CT molecular complexity index is 694. The van der Waals surface area contributed by atoms with Crippen LogP contribution in [0.4, 0.5) is 5.69 Å². The summed E-state index contributed by atoms with van der Waals surface area (Å²) in [4.78, 5) is 12.3. The van der Waals surface area contributed by atoms with Crippen LogP contribution in [0.3, 0.4) is 0 Å². The van der Waals surface area contributed by atoms with E-state index in [0.717, 1.165) is 21.5 Å². The van der Waals surface area contributed by atoms with Gasteiger partial charge in [0.05, 0.1) is 22.1 Å². The predicted octanol–water partition coefficient (Wildman–Crippen LogP) is 4.75. The van der Waals surface area contributed by atoms with Gasteiger partial charge in [0.25, 0.3) is 5.91 Å². The highest BCUT2D eigenvalue weighted by Gasteiger charge is 2.16. The Labute approximate surface area is 137 Å². The van der Waals surface area contributed by atoms with Gasteiger partial charge in [0, 0.05) is 16.1 Å². The summed E-state index contributed by atoms with van der Waals surface area (Å²) in [5.74, 6) is -0.195. The summed E-state index contributed by atoms with van der Waals surface area (Å²) in [7, 11) is 0. The number of nitrogens with zero attached hydrogens (tertiary/aromatic N) is 2. The van der Waals surface area contributed by atoms with E-state index >= 15 is 0 Å². The summed E-state index contributed by atoms with van der Waals surface area (Å²) in [5, 5.41) is 7.89. The molecule has 2 rings (SSSR count). The highest BCUT2D eigenvalue weighted by atomic mass is 79.9. The lowest BCUT2D eigenvalue weighted by Crippen LogP contribution is -2.13. The van der Waals surface area contributed by atoms with Crippen molar-refractivity contribution in [2.24, 2.45) is 0 Å². The van der Waals surface area contributed by atoms with E-state index in [9.17, 15) is 4.79 Å². The second-order valence-electron chi connectivity index (χ2n) is 5.17. The van der Waals surface area contributed by atoms with E-state index in [1.54, 1.807) is 18.2 Å². The first kappa shape index (κ1) is 16.0. The van der Waals surface area contributed by atoms with E-state index in [1.165, 1.54) is 0 Å². The van der Waals surface area contributed by atoms with Crippen molar-refractivity contribution in [3.05, 3.63) is 44.6 Å². The van der Waals surface area contributed by atoms with Crippen molar-refractivity contribution in [2.75, 3.05) is 5.32 Å². The fraction of sp³-hybridized carbons (Fsp3) is 0.333. The van der Waals surface area contributed by atoms with Gasteiger partial charge in [-0.25, -0.2) is 0 Å². The van der Waals surface area contributed by atoms with Gasteiger partial charge in [-0.15, -0.1) is 0 Å². The van der Waals surface area contributed by atoms with Gasteiger partial charge in [0.1, 0.15) is 0 Å². The summed E-state index contributed by atoms with van der Waals surface area (Å²) >= 11 is 9.34. The summed E-state index contributed by atoms with van der Waals surface area (Å²) < 4.78 is 2.67. The first-order chi connectivity index (χ1) is 9.81. The SMILES string of the molecule is Cc1nn(C(C)C)c(C)c1NC(=O)c1ccc(Br)c(Cl)c1. The molecule has 21 heavy (non-hydrogen) atoms. The van der Waals surface area contributed by atoms with Crippen LogP contribution in [0, 0.1) is 13.8 Å². The number of carbonyl (C=O) groups is 1. The lowest BCUT2D eigenvalue weighted by molar-refractivity contribution is 0.102. The van der Waals surface area contributed by atoms with Crippen molar-refractivity contribution < 1.29 is 4.79 Å². The second-order valence-corrected chi connectivity index (χ2v) is 6.43. The molecule has 6 heteroatoms. The zero-order valence-electron chi connectivity index (χ0n) is 12.4. The maximum Gasteiger partial charge on any atom is 0.255 e. The van der Waals surface area contributed by atoms with Gasteiger partial charge >= 0.3 is 0 Å². The number of halogens is 2. The number of carbonyl (C=O) groups excluding carboxylic acids is 1. The summed E-state index contributed by atoms with van der Waals surface area (Å²) in [6.07, 6.45) is 0. The molecule has 0 bridgehead atoms. The Morgan fingerprint density at radius 3 is 2.57 bits per heavy atom. The molecule has 4 nitrogen and oxygen atoms in total. The van der Waals surface area contributed by atoms with Crippen LogP contribution in [0.15, 0.2) is 22.7 Å². The largest absolute Gasteiger partial charge is 0.319 e. The molecule has 112 valence electrons. The minimum Gasteiger partial charge on any atom is -0.319 e. The van der Waals surface area contributed by atoms with E-state index < -0.39 is 0 Å². The summed E-state index contributed by atoms with van der Waals surface area (Å²) in [5.41, 5.74) is 3.02. The number of amides is 1. The van der Waals surface area contributed by atoms with Crippen LogP contribution >= 0.6 is 27.5 Å². The Morgan fingerprint density at radius 2 is 2.05 bits per heavy atom. The molecule has 0 unspecified atom stereocenters. The topological polar surface area (TPSA) is 46.9 Å². The quantitative estimate of drug-likeness (QED) is 0.847. The highest BCUT2D eigenvalue weighted by Crippen LogP contribution is 2.26. The molecule has 0 saturated heterocycles. The van der Waals surface area contributed by atoms with Gasteiger partial charge in [-0.1, -0.05) is 11.6 Å². The van der Waals surface area contributed by atoms with Crippen molar-refractivity contribution in [1.29, 1.82) is 0 Å². The van der Waals surface area contributed by atoms with Crippen LogP contribution in [0.2, 0.25) is 5.02 Å². The molecule has 0 fully saturated rings. The standard InChI is InChI=1S/C15H17BrClN3O/c1-8(2)20-10(4)14(9(3)19-20)18-15(21)11-5-6-12(16)13(17)7-11/h5-8H,1-4H3,(H,18,21). The number of benzene rings is 1. The zero-order chi connectivity index (χ0) is 15.7. The predicted molar refractivity (Wildman–Crippen MR) is 89.2 cm³/mol. The third kappa shape index (κ3) is 3.30. The lowest BCUT2D eigenvalue weighted by atomic mass is 10.2. The first-order valence-electron chi connectivity index (χ1n) is 6.63. The molecule has 1 heterocycles. The molecular formula is C15H17BrClN3O. The van der Waals surface area contributed by atoms with Gasteiger partial charge in [0.15, 0.2) is 0 Å². The van der Waals surface area contributed by atoms with Crippen LogP contribution < -0.4 is 5.32 Å². The third-order valence-corrected chi connectivity index (χ3v) is 4.47. The second kappa shape index (κ2) is 6.20. The summed E-state index contributed by atoms with van der Waals surface area (Å²) in [6, 6.07) is 5.37. The van der Waals surface area contributed by atoms with Gasteiger partial charge in [-0.2, -0.15) is 5.10 Å². The third-order valence-electron chi connectivity index (χ3n) is 3.23. The van der Waals surface area contributed by atoms with Gasteiger partial charge in [-0.05, 0) is 61.8 Å². The lowest BCUT2D eigenvalue weighted by Gasteiger charge is -2.09. The monoisotopic (exact) mass is 369 g/mol. The van der Waals surface area contributed by atoms with Crippen molar-refractivity contribution in [1.82, 2.24) is 9.78 Å². The maximum atomic E-state index is 12.3. The molecule has 1 aromatic heterocycles. The molecule has 0 saturated carbocycles. The van der Waals surface area contributed by atoms with E-state index in [2.05, 4.69) is 40.2 Å². The number of aryl methyl sites for hydroxylation is 1. The van der Waals surface area contributed by atoms with Crippen molar-refractivity contribution in [3.8, 4) is 0 Å². The smallest absolute Gasteiger partial charge is 0.255 e. The van der Waals surface area contributed by atoms with Crippen molar-refractivity contribution >= 4 is 39.1 Å². The maximum absolute atomic E-state index is 12.3. The molecule has 0 aliphatic rings. The van der Waals surface area contributed by atoms with E-state index in [-0.39, 0.29) is 11.9 Å². The molecule has 0 radical (unpaired) electrons. The molecule has 0 spiro atoms. The van der Waals surface area contributed by atoms with E-state index in [0.29, 0.717) is 10.6 Å². The number of anilines is 1. The number of aromatic nitrogens is 2. The Morgan fingerprint density at radius 1 is 1.38 bits per heavy atom. The Hall–Kier alpha value is -1.33. The minimum atomic E-state index is -0.195. The van der Waals surface area contributed by atoms with Crippen LogP contribution in [0.1, 0.15) is 41.6 Å². The zero-order valence-corrected chi connectivity index (χ0v) is 14.7. The van der Waals surface area contributed by atoms with Crippen molar-refractivity contribution in [3.63, 3.8) is 0 Å². The average Bonchev–Trinajstić information content (AvgIpc) is 2.70. The first-order valence-corrected chi connectivity index (χ1v) is 7.80. The molecular weight excluding hydrogens is 354 g/mol. The van der Waals surface area contributed by atoms with Gasteiger partial charge in [-0.3, -0.25) is 9.48 Å². The molecule has 1 aromatic carbocycles. The molecule has 2 aromatic rings. The Kier molecular flexibility index (Phi) is 4.74. The van der Waals surface area contributed by atoms with Crippen LogP contribution in [0.5, 0.6) is 0 Å². The number of rotatable bonds is 3. The van der Waals surface area contributed by atoms with E-state index in [4.69, 9.17) is 11.6 Å². The van der Waals surface area contributed by atoms with Crippen LogP contribution in [-0.4, -0.2) is 15.7 Å². The van der Waals surface area contributed by atoms with Gasteiger partial charge in [0.2, 0.25) is 0 Å². The van der Waals surface area contributed by atoms with E-state index in [1.807, 2.05) is 18.5 Å². The Balaban J connectivity index is 2.29. The summed E-state index contributed by atoms with van der Waals surface area (Å²) in [6.45, 7) is 7.94. The molecule has 1 N–H and O–H groups in total. The number of hydrogen-bond acceptors (Lipinski definition) is 2. The van der Waals surface area contributed by atoms with Crippen LogP contribution in [-0.2, 0) is 0 Å². The number of hydrogen-bond donors (Lipinski definition) is 1. The fourth-order valence-electron chi connectivity index (χ4n) is 2.17. The average molecular weight is 371 g/mol.